The number of piperazine rings is 1. The molecule has 1 fully saturated rings. The Morgan fingerprint density at radius 3 is 2.56 bits per heavy atom. The molecule has 0 saturated carbocycles. The van der Waals surface area contributed by atoms with Gasteiger partial charge in [-0.3, -0.25) is 4.79 Å². The van der Waals surface area contributed by atoms with Gasteiger partial charge in [-0.05, 0) is 12.1 Å². The van der Waals surface area contributed by atoms with Gasteiger partial charge in [0.2, 0.25) is 5.91 Å². The molecule has 0 bridgehead atoms. The van der Waals surface area contributed by atoms with Crippen molar-refractivity contribution in [2.24, 2.45) is 0 Å². The van der Waals surface area contributed by atoms with E-state index >= 15 is 0 Å². The topological polar surface area (TPSA) is 62.2 Å². The third-order valence-corrected chi connectivity index (χ3v) is 5.54. The van der Waals surface area contributed by atoms with Gasteiger partial charge < -0.3 is 9.80 Å². The van der Waals surface area contributed by atoms with Crippen LogP contribution in [0, 0.1) is 0 Å². The van der Waals surface area contributed by atoms with E-state index in [2.05, 4.69) is 15.2 Å². The molecule has 11 heteroatoms. The van der Waals surface area contributed by atoms with Gasteiger partial charge in [0.25, 0.3) is 0 Å². The van der Waals surface area contributed by atoms with Crippen LogP contribution in [0.3, 0.4) is 0 Å². The minimum atomic E-state index is -4.39. The number of thioether (sulfide) groups is 1. The Hall–Kier alpha value is -1.88. The number of hydrogen-bond donors (Lipinski definition) is 0. The highest BCUT2D eigenvalue weighted by molar-refractivity contribution is 8.01. The molecule has 1 saturated heterocycles. The lowest BCUT2D eigenvalue weighted by Crippen LogP contribution is -2.49. The van der Waals surface area contributed by atoms with E-state index in [0.29, 0.717) is 37.7 Å². The first-order chi connectivity index (χ1) is 11.9. The molecule has 1 amide bonds. The summed E-state index contributed by atoms with van der Waals surface area (Å²) in [7, 11) is 0. The third-order valence-electron chi connectivity index (χ3n) is 3.69. The predicted octanol–water partition coefficient (Wildman–Crippen LogP) is 2.39. The van der Waals surface area contributed by atoms with Gasteiger partial charge >= 0.3 is 6.18 Å². The molecule has 134 valence electrons. The molecule has 1 aliphatic rings. The van der Waals surface area contributed by atoms with Crippen molar-refractivity contribution in [3.8, 4) is 0 Å². The number of hydrogen-bond acceptors (Lipinski definition) is 7. The second-order valence-corrected chi connectivity index (χ2v) is 7.32. The third kappa shape index (κ3) is 4.60. The molecule has 0 unspecified atom stereocenters. The number of aromatic nitrogens is 3. The minimum Gasteiger partial charge on any atom is -0.353 e. The Kier molecular flexibility index (Phi) is 5.42. The molecular formula is C14H14F3N5OS2. The van der Waals surface area contributed by atoms with E-state index in [-0.39, 0.29) is 5.91 Å². The van der Waals surface area contributed by atoms with Crippen LogP contribution in [0.5, 0.6) is 0 Å². The van der Waals surface area contributed by atoms with Gasteiger partial charge in [0, 0.05) is 32.4 Å². The summed E-state index contributed by atoms with van der Waals surface area (Å²) in [6.07, 6.45) is -3.55. The van der Waals surface area contributed by atoms with Crippen LogP contribution in [0.2, 0.25) is 0 Å². The number of carbonyl (C=O) groups is 1. The zero-order chi connectivity index (χ0) is 17.9. The Morgan fingerprint density at radius 1 is 1.24 bits per heavy atom. The number of pyridine rings is 1. The lowest BCUT2D eigenvalue weighted by Gasteiger charge is -2.35. The molecule has 25 heavy (non-hydrogen) atoms. The molecule has 3 heterocycles. The largest absolute Gasteiger partial charge is 0.417 e. The van der Waals surface area contributed by atoms with Crippen molar-refractivity contribution in [3.05, 3.63) is 29.4 Å². The zero-order valence-corrected chi connectivity index (χ0v) is 14.6. The van der Waals surface area contributed by atoms with E-state index < -0.39 is 11.7 Å². The van der Waals surface area contributed by atoms with Crippen molar-refractivity contribution in [1.82, 2.24) is 20.1 Å². The molecule has 0 aliphatic carbocycles. The average molecular weight is 389 g/mol. The van der Waals surface area contributed by atoms with Crippen molar-refractivity contribution >= 4 is 34.8 Å². The summed E-state index contributed by atoms with van der Waals surface area (Å²) >= 11 is 2.74. The van der Waals surface area contributed by atoms with E-state index in [1.807, 2.05) is 4.90 Å². The van der Waals surface area contributed by atoms with Crippen LogP contribution in [0.4, 0.5) is 19.0 Å². The molecule has 0 radical (unpaired) electrons. The van der Waals surface area contributed by atoms with E-state index in [9.17, 15) is 18.0 Å². The smallest absolute Gasteiger partial charge is 0.353 e. The van der Waals surface area contributed by atoms with Crippen LogP contribution in [0.15, 0.2) is 28.2 Å². The second-order valence-electron chi connectivity index (χ2n) is 5.26. The maximum atomic E-state index is 12.6. The van der Waals surface area contributed by atoms with Gasteiger partial charge in [-0.1, -0.05) is 23.1 Å². The highest BCUT2D eigenvalue weighted by Crippen LogP contribution is 2.29. The van der Waals surface area contributed by atoms with Crippen LogP contribution in [-0.4, -0.2) is 57.9 Å². The normalized spacial score (nSPS) is 15.5. The van der Waals surface area contributed by atoms with Crippen molar-refractivity contribution < 1.29 is 18.0 Å². The molecule has 2 aromatic rings. The standard InChI is InChI=1S/C14H14F3N5OS2/c15-14(16,17)10-1-2-11(18-7-10)21-3-5-22(6-4-21)12(23)8-24-13-20-19-9-25-13/h1-2,7,9H,3-6,8H2. The second kappa shape index (κ2) is 7.56. The van der Waals surface area contributed by atoms with Crippen LogP contribution < -0.4 is 4.90 Å². The quantitative estimate of drug-likeness (QED) is 0.749. The number of nitrogens with zero attached hydrogens (tertiary/aromatic N) is 5. The fourth-order valence-corrected chi connectivity index (χ4v) is 3.76. The molecule has 0 atom stereocenters. The molecular weight excluding hydrogens is 375 g/mol. The molecule has 2 aromatic heterocycles. The predicted molar refractivity (Wildman–Crippen MR) is 88.7 cm³/mol. The first-order valence-electron chi connectivity index (χ1n) is 7.38. The molecule has 1 aliphatic heterocycles. The number of carbonyl (C=O) groups excluding carboxylic acids is 1. The van der Waals surface area contributed by atoms with Crippen molar-refractivity contribution in [3.63, 3.8) is 0 Å². The van der Waals surface area contributed by atoms with Gasteiger partial charge in [0.15, 0.2) is 4.34 Å². The van der Waals surface area contributed by atoms with Gasteiger partial charge in [0.1, 0.15) is 11.3 Å². The highest BCUT2D eigenvalue weighted by atomic mass is 32.2. The van der Waals surface area contributed by atoms with Gasteiger partial charge in [0.05, 0.1) is 11.3 Å². The first-order valence-corrected chi connectivity index (χ1v) is 9.25. The van der Waals surface area contributed by atoms with Crippen LogP contribution in [-0.2, 0) is 11.0 Å². The molecule has 0 spiro atoms. The minimum absolute atomic E-state index is 0.0141. The molecule has 6 nitrogen and oxygen atoms in total. The highest BCUT2D eigenvalue weighted by Gasteiger charge is 2.31. The monoisotopic (exact) mass is 389 g/mol. The molecule has 3 rings (SSSR count). The maximum Gasteiger partial charge on any atom is 0.417 e. The summed E-state index contributed by atoms with van der Waals surface area (Å²) in [5.74, 6) is 0.803. The van der Waals surface area contributed by atoms with Gasteiger partial charge in [-0.2, -0.15) is 13.2 Å². The van der Waals surface area contributed by atoms with Crippen molar-refractivity contribution in [2.45, 2.75) is 10.5 Å². The summed E-state index contributed by atoms with van der Waals surface area (Å²) in [6, 6.07) is 2.39. The van der Waals surface area contributed by atoms with E-state index in [1.165, 1.54) is 29.2 Å². The number of halogens is 3. The lowest BCUT2D eigenvalue weighted by molar-refractivity contribution is -0.137. The first kappa shape index (κ1) is 17.9. The number of rotatable bonds is 4. The Morgan fingerprint density at radius 2 is 2.00 bits per heavy atom. The summed E-state index contributed by atoms with van der Waals surface area (Å²) < 4.78 is 38.5. The van der Waals surface area contributed by atoms with Crippen molar-refractivity contribution in [2.75, 3.05) is 36.8 Å². The van der Waals surface area contributed by atoms with E-state index in [0.717, 1.165) is 16.6 Å². The molecule has 0 N–H and O–H groups in total. The van der Waals surface area contributed by atoms with E-state index in [1.54, 1.807) is 10.4 Å². The zero-order valence-electron chi connectivity index (χ0n) is 12.9. The SMILES string of the molecule is O=C(CSc1nncs1)N1CCN(c2ccc(C(F)(F)F)cn2)CC1. The Balaban J connectivity index is 1.50. The van der Waals surface area contributed by atoms with Crippen molar-refractivity contribution in [1.29, 1.82) is 0 Å². The van der Waals surface area contributed by atoms with Gasteiger partial charge in [-0.15, -0.1) is 10.2 Å². The summed E-state index contributed by atoms with van der Waals surface area (Å²) in [5.41, 5.74) is 0.849. The molecule has 0 aromatic carbocycles. The fourth-order valence-electron chi connectivity index (χ4n) is 2.37. The average Bonchev–Trinajstić information content (AvgIpc) is 3.13. The fraction of sp³-hybridized carbons (Fsp3) is 0.429. The Labute approximate surface area is 150 Å². The van der Waals surface area contributed by atoms with E-state index in [4.69, 9.17) is 0 Å². The summed E-state index contributed by atoms with van der Waals surface area (Å²) in [4.78, 5) is 19.7. The summed E-state index contributed by atoms with van der Waals surface area (Å²) in [5, 5.41) is 7.59. The van der Waals surface area contributed by atoms with Gasteiger partial charge in [-0.25, -0.2) is 4.98 Å². The summed E-state index contributed by atoms with van der Waals surface area (Å²) in [6.45, 7) is 2.09. The maximum absolute atomic E-state index is 12.6. The Bertz CT molecular complexity index is 700. The van der Waals surface area contributed by atoms with Crippen LogP contribution >= 0.6 is 23.1 Å². The number of anilines is 1. The number of amides is 1. The van der Waals surface area contributed by atoms with Crippen LogP contribution in [0.1, 0.15) is 5.56 Å². The lowest BCUT2D eigenvalue weighted by atomic mass is 10.2. The number of alkyl halides is 3. The van der Waals surface area contributed by atoms with Crippen LogP contribution in [0.25, 0.3) is 0 Å².